The first-order valence-corrected chi connectivity index (χ1v) is 6.21. The number of imide groups is 1. The molecule has 1 atom stereocenters. The van der Waals surface area contributed by atoms with Gasteiger partial charge in [0.25, 0.3) is 5.91 Å². The summed E-state index contributed by atoms with van der Waals surface area (Å²) < 4.78 is 0. The molecule has 1 saturated heterocycles. The average Bonchev–Trinajstić information content (AvgIpc) is 2.61. The molecular formula is C12H23ClN4O3. The largest absolute Gasteiger partial charge is 0.383 e. The van der Waals surface area contributed by atoms with Crippen LogP contribution < -0.4 is 5.32 Å². The lowest BCUT2D eigenvalue weighted by Gasteiger charge is -2.05. The Morgan fingerprint density at radius 3 is 2.40 bits per heavy atom. The monoisotopic (exact) mass is 306 g/mol. The van der Waals surface area contributed by atoms with Gasteiger partial charge >= 0.3 is 0 Å². The number of nitrogens with zero attached hydrogens (tertiary/aromatic N) is 3. The Kier molecular flexibility index (Phi) is 13.4. The number of carbonyl (C=O) groups is 2. The van der Waals surface area contributed by atoms with Crippen molar-refractivity contribution in [3.63, 3.8) is 0 Å². The van der Waals surface area contributed by atoms with Crippen molar-refractivity contribution in [2.24, 2.45) is 9.98 Å². The van der Waals surface area contributed by atoms with Crippen molar-refractivity contribution >= 4 is 30.2 Å². The van der Waals surface area contributed by atoms with Gasteiger partial charge in [0.1, 0.15) is 6.10 Å². The van der Waals surface area contributed by atoms with E-state index in [1.54, 1.807) is 0 Å². The zero-order valence-electron chi connectivity index (χ0n) is 12.1. The van der Waals surface area contributed by atoms with Gasteiger partial charge in [-0.2, -0.15) is 0 Å². The van der Waals surface area contributed by atoms with Crippen LogP contribution in [0.3, 0.4) is 0 Å². The topological polar surface area (TPSA) is 94.4 Å². The molecule has 116 valence electrons. The van der Waals surface area contributed by atoms with E-state index in [1.807, 2.05) is 12.2 Å². The van der Waals surface area contributed by atoms with Crippen LogP contribution in [-0.2, 0) is 9.59 Å². The standard InChI is InChI=1S/C8H17N3.C4H5NO3.ClH/c1-4-9-8-10-6-5-7-11(2)3;6-2-1-3(7)5-4(2)8;/h4-7H2,1-3H3;2,6H,1H2,(H,5,7,8);1H. The Morgan fingerprint density at radius 2 is 2.05 bits per heavy atom. The summed E-state index contributed by atoms with van der Waals surface area (Å²) in [6.45, 7) is 4.67. The molecule has 0 spiro atoms. The third kappa shape index (κ3) is 11.8. The number of rotatable bonds is 5. The maximum atomic E-state index is 10.2. The first kappa shape index (κ1) is 21.0. The second-order valence-corrected chi connectivity index (χ2v) is 4.25. The normalized spacial score (nSPS) is 16.6. The molecule has 0 radical (unpaired) electrons. The summed E-state index contributed by atoms with van der Waals surface area (Å²) in [5.74, 6) is -0.988. The average molecular weight is 307 g/mol. The first-order valence-electron chi connectivity index (χ1n) is 6.21. The highest BCUT2D eigenvalue weighted by molar-refractivity contribution is 6.04. The Labute approximate surface area is 125 Å². The SMILES string of the molecule is CCN=C=NCCCN(C)C.Cl.O=C1CC(O)C(=O)N1. The molecule has 7 nitrogen and oxygen atoms in total. The molecule has 0 aromatic rings. The van der Waals surface area contributed by atoms with Crippen molar-refractivity contribution in [3.05, 3.63) is 0 Å². The summed E-state index contributed by atoms with van der Waals surface area (Å²) in [6.07, 6.45) is -0.111. The number of hydrogen-bond acceptors (Lipinski definition) is 6. The van der Waals surface area contributed by atoms with Crippen molar-refractivity contribution in [2.45, 2.75) is 25.9 Å². The molecule has 0 aliphatic carbocycles. The van der Waals surface area contributed by atoms with Crippen molar-refractivity contribution in [2.75, 3.05) is 33.7 Å². The van der Waals surface area contributed by atoms with Gasteiger partial charge in [-0.15, -0.1) is 12.4 Å². The molecule has 1 aliphatic rings. The van der Waals surface area contributed by atoms with E-state index in [1.165, 1.54) is 0 Å². The smallest absolute Gasteiger partial charge is 0.255 e. The summed E-state index contributed by atoms with van der Waals surface area (Å²) in [5, 5.41) is 10.5. The zero-order chi connectivity index (χ0) is 14.7. The van der Waals surface area contributed by atoms with Crippen LogP contribution in [-0.4, -0.2) is 67.7 Å². The van der Waals surface area contributed by atoms with Gasteiger partial charge in [-0.3, -0.25) is 14.9 Å². The molecule has 0 bridgehead atoms. The third-order valence-electron chi connectivity index (χ3n) is 2.12. The highest BCUT2D eigenvalue weighted by Gasteiger charge is 2.27. The molecule has 0 saturated carbocycles. The minimum absolute atomic E-state index is 0. The molecule has 1 aliphatic heterocycles. The molecular weight excluding hydrogens is 284 g/mol. The number of hydrogen-bond donors (Lipinski definition) is 2. The van der Waals surface area contributed by atoms with E-state index >= 15 is 0 Å². The second kappa shape index (κ2) is 12.7. The minimum atomic E-state index is -1.11. The van der Waals surface area contributed by atoms with E-state index in [4.69, 9.17) is 5.11 Å². The molecule has 2 N–H and O–H groups in total. The van der Waals surface area contributed by atoms with Gasteiger partial charge in [-0.05, 0) is 34.0 Å². The lowest BCUT2D eigenvalue weighted by molar-refractivity contribution is -0.127. The second-order valence-electron chi connectivity index (χ2n) is 4.25. The van der Waals surface area contributed by atoms with Crippen LogP contribution in [0.25, 0.3) is 0 Å². The van der Waals surface area contributed by atoms with Gasteiger partial charge in [0, 0.05) is 6.54 Å². The van der Waals surface area contributed by atoms with E-state index in [9.17, 15) is 9.59 Å². The molecule has 1 unspecified atom stereocenters. The van der Waals surface area contributed by atoms with Crippen LogP contribution in [0, 0.1) is 0 Å². The molecule has 2 amide bonds. The number of halogens is 1. The highest BCUT2D eigenvalue weighted by Crippen LogP contribution is 1.98. The number of aliphatic hydroxyl groups is 1. The number of amides is 2. The molecule has 1 heterocycles. The maximum Gasteiger partial charge on any atom is 0.255 e. The molecule has 1 fully saturated rings. The Morgan fingerprint density at radius 1 is 1.40 bits per heavy atom. The highest BCUT2D eigenvalue weighted by atomic mass is 35.5. The van der Waals surface area contributed by atoms with Crippen molar-refractivity contribution in [1.29, 1.82) is 0 Å². The predicted molar refractivity (Wildman–Crippen MR) is 79.5 cm³/mol. The zero-order valence-corrected chi connectivity index (χ0v) is 12.9. The quantitative estimate of drug-likeness (QED) is 0.423. The molecule has 1 rings (SSSR count). The Hall–Kier alpha value is -1.27. The van der Waals surface area contributed by atoms with Crippen LogP contribution in [0.5, 0.6) is 0 Å². The van der Waals surface area contributed by atoms with Gasteiger partial charge < -0.3 is 10.0 Å². The lowest BCUT2D eigenvalue weighted by atomic mass is 10.3. The summed E-state index contributed by atoms with van der Waals surface area (Å²) >= 11 is 0. The van der Waals surface area contributed by atoms with Gasteiger partial charge in [-0.1, -0.05) is 0 Å². The van der Waals surface area contributed by atoms with Crippen LogP contribution in [0.4, 0.5) is 0 Å². The fourth-order valence-corrected chi connectivity index (χ4v) is 1.18. The maximum absolute atomic E-state index is 10.2. The summed E-state index contributed by atoms with van der Waals surface area (Å²) in [7, 11) is 4.12. The Bertz CT molecular complexity index is 355. The number of aliphatic hydroxyl groups excluding tert-OH is 1. The fraction of sp³-hybridized carbons (Fsp3) is 0.750. The number of nitrogens with one attached hydrogen (secondary N) is 1. The van der Waals surface area contributed by atoms with Gasteiger partial charge in [-0.25, -0.2) is 9.98 Å². The van der Waals surface area contributed by atoms with Crippen molar-refractivity contribution in [3.8, 4) is 0 Å². The van der Waals surface area contributed by atoms with Gasteiger partial charge in [0.2, 0.25) is 5.91 Å². The number of carbonyl (C=O) groups excluding carboxylic acids is 2. The molecule has 20 heavy (non-hydrogen) atoms. The van der Waals surface area contributed by atoms with E-state index in [2.05, 4.69) is 35.0 Å². The van der Waals surface area contributed by atoms with Gasteiger partial charge in [0.15, 0.2) is 0 Å². The molecule has 0 aromatic heterocycles. The minimum Gasteiger partial charge on any atom is -0.383 e. The third-order valence-corrected chi connectivity index (χ3v) is 2.12. The summed E-state index contributed by atoms with van der Waals surface area (Å²) in [5.41, 5.74) is 0. The van der Waals surface area contributed by atoms with Crippen LogP contribution in [0.1, 0.15) is 19.8 Å². The summed E-state index contributed by atoms with van der Waals surface area (Å²) in [4.78, 5) is 30.4. The van der Waals surface area contributed by atoms with E-state index in [-0.39, 0.29) is 18.8 Å². The van der Waals surface area contributed by atoms with E-state index in [0.717, 1.165) is 26.1 Å². The van der Waals surface area contributed by atoms with Crippen molar-refractivity contribution in [1.82, 2.24) is 10.2 Å². The van der Waals surface area contributed by atoms with E-state index < -0.39 is 17.9 Å². The van der Waals surface area contributed by atoms with Crippen LogP contribution >= 0.6 is 12.4 Å². The Balaban J connectivity index is 0. The molecule has 8 heteroatoms. The van der Waals surface area contributed by atoms with Crippen molar-refractivity contribution < 1.29 is 14.7 Å². The van der Waals surface area contributed by atoms with Crippen LogP contribution in [0.2, 0.25) is 0 Å². The first-order chi connectivity index (χ1) is 8.97. The molecule has 0 aromatic carbocycles. The van der Waals surface area contributed by atoms with E-state index in [0.29, 0.717) is 0 Å². The lowest BCUT2D eigenvalue weighted by Crippen LogP contribution is -2.24. The number of aliphatic imine (C=N–C) groups is 2. The van der Waals surface area contributed by atoms with Gasteiger partial charge in [0.05, 0.1) is 19.0 Å². The fourth-order valence-electron chi connectivity index (χ4n) is 1.18. The predicted octanol–water partition coefficient (Wildman–Crippen LogP) is -0.0525. The summed E-state index contributed by atoms with van der Waals surface area (Å²) in [6, 6.07) is 2.64. The van der Waals surface area contributed by atoms with Crippen LogP contribution in [0.15, 0.2) is 9.98 Å².